The number of nitrogens with zero attached hydrogens (tertiary/aromatic N) is 3. The third-order valence-corrected chi connectivity index (χ3v) is 3.15. The molecule has 0 spiro atoms. The minimum absolute atomic E-state index is 0.0393. The van der Waals surface area contributed by atoms with Gasteiger partial charge in [-0.25, -0.2) is 14.8 Å². The lowest BCUT2D eigenvalue weighted by Gasteiger charge is -2.31. The average Bonchev–Trinajstić information content (AvgIpc) is 2.49. The lowest BCUT2D eigenvalue weighted by atomic mass is 10.1. The standard InChI is InChI=1S/C13H20N4O3/c1-19-9-6-15-13(18)17-7-3-11(4-8-17)20-12-2-5-14-10-16-12/h2,5,10-11H,3-4,6-9H2,1H3,(H,15,18). The molecule has 2 heterocycles. The molecule has 110 valence electrons. The largest absolute Gasteiger partial charge is 0.474 e. The minimum atomic E-state index is -0.0393. The second-order valence-corrected chi connectivity index (χ2v) is 4.58. The van der Waals surface area contributed by atoms with Crippen LogP contribution < -0.4 is 10.1 Å². The van der Waals surface area contributed by atoms with Gasteiger partial charge >= 0.3 is 6.03 Å². The van der Waals surface area contributed by atoms with Crippen LogP contribution in [0.4, 0.5) is 4.79 Å². The van der Waals surface area contributed by atoms with Crippen LogP contribution in [0.3, 0.4) is 0 Å². The second kappa shape index (κ2) is 7.64. The van der Waals surface area contributed by atoms with E-state index in [9.17, 15) is 4.79 Å². The van der Waals surface area contributed by atoms with Gasteiger partial charge in [-0.1, -0.05) is 0 Å². The zero-order valence-corrected chi connectivity index (χ0v) is 11.6. The Bertz CT molecular complexity index is 407. The molecular weight excluding hydrogens is 260 g/mol. The minimum Gasteiger partial charge on any atom is -0.474 e. The van der Waals surface area contributed by atoms with Crippen molar-refractivity contribution >= 4 is 6.03 Å². The molecule has 0 aromatic carbocycles. The van der Waals surface area contributed by atoms with E-state index in [1.807, 2.05) is 0 Å². The van der Waals surface area contributed by atoms with E-state index in [2.05, 4.69) is 15.3 Å². The fraction of sp³-hybridized carbons (Fsp3) is 0.615. The van der Waals surface area contributed by atoms with Crippen molar-refractivity contribution in [3.63, 3.8) is 0 Å². The molecule has 0 saturated carbocycles. The highest BCUT2D eigenvalue weighted by Crippen LogP contribution is 2.16. The van der Waals surface area contributed by atoms with Crippen LogP contribution in [0.25, 0.3) is 0 Å². The molecule has 0 radical (unpaired) electrons. The Balaban J connectivity index is 1.71. The number of aromatic nitrogens is 2. The first-order chi connectivity index (χ1) is 9.79. The van der Waals surface area contributed by atoms with Gasteiger partial charge in [-0.15, -0.1) is 0 Å². The summed E-state index contributed by atoms with van der Waals surface area (Å²) in [6, 6.07) is 1.70. The smallest absolute Gasteiger partial charge is 0.317 e. The van der Waals surface area contributed by atoms with Crippen LogP contribution in [-0.2, 0) is 4.74 Å². The van der Waals surface area contributed by atoms with Gasteiger partial charge in [0.1, 0.15) is 12.4 Å². The number of carbonyl (C=O) groups excluding carboxylic acids is 1. The van der Waals surface area contributed by atoms with Gasteiger partial charge in [0.05, 0.1) is 6.61 Å². The van der Waals surface area contributed by atoms with Gasteiger partial charge in [0.15, 0.2) is 0 Å². The number of urea groups is 1. The zero-order valence-electron chi connectivity index (χ0n) is 11.6. The van der Waals surface area contributed by atoms with Crippen molar-refractivity contribution in [3.05, 3.63) is 18.6 Å². The van der Waals surface area contributed by atoms with Crippen LogP contribution >= 0.6 is 0 Å². The number of carbonyl (C=O) groups is 1. The molecule has 20 heavy (non-hydrogen) atoms. The molecule has 0 atom stereocenters. The summed E-state index contributed by atoms with van der Waals surface area (Å²) < 4.78 is 10.7. The summed E-state index contributed by atoms with van der Waals surface area (Å²) in [6.45, 7) is 2.44. The number of likely N-dealkylation sites (tertiary alicyclic amines) is 1. The summed E-state index contributed by atoms with van der Waals surface area (Å²) >= 11 is 0. The molecule has 1 aliphatic rings. The Morgan fingerprint density at radius 3 is 2.95 bits per heavy atom. The van der Waals surface area contributed by atoms with Crippen molar-refractivity contribution in [2.45, 2.75) is 18.9 Å². The van der Waals surface area contributed by atoms with Crippen LogP contribution in [0.5, 0.6) is 5.88 Å². The van der Waals surface area contributed by atoms with Gasteiger partial charge in [0.2, 0.25) is 5.88 Å². The summed E-state index contributed by atoms with van der Waals surface area (Å²) in [7, 11) is 1.61. The maximum Gasteiger partial charge on any atom is 0.317 e. The summed E-state index contributed by atoms with van der Waals surface area (Å²) in [5.41, 5.74) is 0. The Labute approximate surface area is 118 Å². The molecule has 0 aliphatic carbocycles. The maximum atomic E-state index is 11.8. The summed E-state index contributed by atoms with van der Waals surface area (Å²) in [4.78, 5) is 21.5. The first kappa shape index (κ1) is 14.5. The molecule has 1 aliphatic heterocycles. The van der Waals surface area contributed by atoms with E-state index in [0.717, 1.165) is 12.8 Å². The number of hydrogen-bond donors (Lipinski definition) is 1. The number of piperidine rings is 1. The Kier molecular flexibility index (Phi) is 5.55. The van der Waals surface area contributed by atoms with E-state index in [0.29, 0.717) is 32.1 Å². The fourth-order valence-electron chi connectivity index (χ4n) is 2.07. The molecule has 1 saturated heterocycles. The van der Waals surface area contributed by atoms with Gasteiger partial charge in [-0.05, 0) is 0 Å². The number of methoxy groups -OCH3 is 1. The maximum absolute atomic E-state index is 11.8. The van der Waals surface area contributed by atoms with E-state index in [4.69, 9.17) is 9.47 Å². The lowest BCUT2D eigenvalue weighted by molar-refractivity contribution is 0.106. The molecule has 1 aromatic rings. The van der Waals surface area contributed by atoms with E-state index >= 15 is 0 Å². The van der Waals surface area contributed by atoms with Crippen molar-refractivity contribution in [1.82, 2.24) is 20.2 Å². The average molecular weight is 280 g/mol. The molecule has 1 aromatic heterocycles. The Morgan fingerprint density at radius 1 is 1.50 bits per heavy atom. The SMILES string of the molecule is COCCNC(=O)N1CCC(Oc2ccncn2)CC1. The number of rotatable bonds is 5. The van der Waals surface area contributed by atoms with Crippen LogP contribution in [0.15, 0.2) is 18.6 Å². The van der Waals surface area contributed by atoms with Crippen molar-refractivity contribution in [3.8, 4) is 5.88 Å². The summed E-state index contributed by atoms with van der Waals surface area (Å²) in [5.74, 6) is 0.586. The first-order valence-corrected chi connectivity index (χ1v) is 6.74. The molecule has 2 rings (SSSR count). The fourth-order valence-corrected chi connectivity index (χ4v) is 2.07. The number of ether oxygens (including phenoxy) is 2. The van der Waals surface area contributed by atoms with E-state index < -0.39 is 0 Å². The molecule has 1 N–H and O–H groups in total. The highest BCUT2D eigenvalue weighted by Gasteiger charge is 2.23. The Hall–Kier alpha value is -1.89. The van der Waals surface area contributed by atoms with Gasteiger partial charge < -0.3 is 19.7 Å². The van der Waals surface area contributed by atoms with Crippen LogP contribution in [-0.4, -0.2) is 60.4 Å². The molecule has 2 amide bonds. The van der Waals surface area contributed by atoms with Crippen molar-refractivity contribution in [2.24, 2.45) is 0 Å². The highest BCUT2D eigenvalue weighted by atomic mass is 16.5. The van der Waals surface area contributed by atoms with Crippen LogP contribution in [0.2, 0.25) is 0 Å². The molecule has 0 bridgehead atoms. The van der Waals surface area contributed by atoms with E-state index in [1.54, 1.807) is 24.3 Å². The third-order valence-electron chi connectivity index (χ3n) is 3.15. The van der Waals surface area contributed by atoms with Crippen molar-refractivity contribution in [1.29, 1.82) is 0 Å². The van der Waals surface area contributed by atoms with E-state index in [1.165, 1.54) is 6.33 Å². The highest BCUT2D eigenvalue weighted by molar-refractivity contribution is 5.74. The quantitative estimate of drug-likeness (QED) is 0.802. The van der Waals surface area contributed by atoms with Gasteiger partial charge in [0, 0.05) is 51.8 Å². The third kappa shape index (κ3) is 4.34. The Morgan fingerprint density at radius 2 is 2.30 bits per heavy atom. The van der Waals surface area contributed by atoms with Crippen molar-refractivity contribution in [2.75, 3.05) is 33.4 Å². The number of hydrogen-bond acceptors (Lipinski definition) is 5. The summed E-state index contributed by atoms with van der Waals surface area (Å²) in [6.07, 6.45) is 4.84. The van der Waals surface area contributed by atoms with Gasteiger partial charge in [-0.2, -0.15) is 0 Å². The van der Waals surface area contributed by atoms with E-state index in [-0.39, 0.29) is 12.1 Å². The molecule has 7 nitrogen and oxygen atoms in total. The normalized spacial score (nSPS) is 15.9. The lowest BCUT2D eigenvalue weighted by Crippen LogP contribution is -2.47. The predicted molar refractivity (Wildman–Crippen MR) is 72.5 cm³/mol. The molecular formula is C13H20N4O3. The van der Waals surface area contributed by atoms with Gasteiger partial charge in [0.25, 0.3) is 0 Å². The van der Waals surface area contributed by atoms with Crippen LogP contribution in [0.1, 0.15) is 12.8 Å². The second-order valence-electron chi connectivity index (χ2n) is 4.58. The molecule has 1 fully saturated rings. The van der Waals surface area contributed by atoms with Crippen molar-refractivity contribution < 1.29 is 14.3 Å². The molecule has 0 unspecified atom stereocenters. The topological polar surface area (TPSA) is 76.6 Å². The number of amides is 2. The number of nitrogens with one attached hydrogen (secondary N) is 1. The van der Waals surface area contributed by atoms with Crippen LogP contribution in [0, 0.1) is 0 Å². The first-order valence-electron chi connectivity index (χ1n) is 6.74. The summed E-state index contributed by atoms with van der Waals surface area (Å²) in [5, 5.41) is 2.82. The monoisotopic (exact) mass is 280 g/mol. The predicted octanol–water partition coefficient (Wildman–Crippen LogP) is 0.676. The van der Waals surface area contributed by atoms with Gasteiger partial charge in [-0.3, -0.25) is 0 Å². The molecule has 7 heteroatoms. The zero-order chi connectivity index (χ0) is 14.2.